The number of unbranched alkanes of at least 4 members (excludes halogenated alkanes) is 2. The van der Waals surface area contributed by atoms with Gasteiger partial charge in [-0.15, -0.1) is 0 Å². The summed E-state index contributed by atoms with van der Waals surface area (Å²) in [5.41, 5.74) is 2.96. The first kappa shape index (κ1) is 16.2. The first-order chi connectivity index (χ1) is 9.08. The van der Waals surface area contributed by atoms with E-state index in [1.165, 1.54) is 43.2 Å². The lowest BCUT2D eigenvalue weighted by molar-refractivity contribution is 0.548. The van der Waals surface area contributed by atoms with Crippen molar-refractivity contribution in [1.29, 1.82) is 0 Å². The lowest BCUT2D eigenvalue weighted by Crippen LogP contribution is -2.23. The summed E-state index contributed by atoms with van der Waals surface area (Å²) in [4.78, 5) is 0. The van der Waals surface area contributed by atoms with Gasteiger partial charge in [0.05, 0.1) is 0 Å². The maximum atomic E-state index is 3.47. The molecular formula is C18H31N. The van der Waals surface area contributed by atoms with Crippen molar-refractivity contribution in [3.63, 3.8) is 0 Å². The summed E-state index contributed by atoms with van der Waals surface area (Å²) >= 11 is 0. The molecule has 0 aromatic heterocycles. The second kappa shape index (κ2) is 9.14. The van der Waals surface area contributed by atoms with E-state index in [0.29, 0.717) is 6.04 Å². The fourth-order valence-corrected chi connectivity index (χ4v) is 2.34. The number of hydrogen-bond donors (Lipinski definition) is 1. The second-order valence-electron chi connectivity index (χ2n) is 6.33. The molecule has 0 aliphatic carbocycles. The largest absolute Gasteiger partial charge is 0.315 e. The van der Waals surface area contributed by atoms with Crippen LogP contribution in [0.1, 0.15) is 58.1 Å². The Labute approximate surface area is 119 Å². The molecule has 0 radical (unpaired) electrons. The van der Waals surface area contributed by atoms with E-state index in [-0.39, 0.29) is 0 Å². The minimum Gasteiger partial charge on any atom is -0.315 e. The van der Waals surface area contributed by atoms with Crippen molar-refractivity contribution in [2.45, 2.75) is 65.8 Å². The molecule has 0 aliphatic heterocycles. The van der Waals surface area contributed by atoms with E-state index < -0.39 is 0 Å². The van der Waals surface area contributed by atoms with Crippen molar-refractivity contribution in [2.24, 2.45) is 5.92 Å². The highest BCUT2D eigenvalue weighted by atomic mass is 14.9. The lowest BCUT2D eigenvalue weighted by atomic mass is 10.00. The van der Waals surface area contributed by atoms with Crippen LogP contribution in [-0.4, -0.2) is 12.6 Å². The van der Waals surface area contributed by atoms with Gasteiger partial charge in [-0.1, -0.05) is 58.4 Å². The van der Waals surface area contributed by atoms with Gasteiger partial charge in [0.1, 0.15) is 0 Å². The Hall–Kier alpha value is -0.820. The van der Waals surface area contributed by atoms with E-state index in [0.717, 1.165) is 12.5 Å². The summed E-state index contributed by atoms with van der Waals surface area (Å²) in [6, 6.07) is 9.84. The molecule has 1 aromatic carbocycles. The standard InChI is InChI=1S/C18H31N/c1-15(2)14-18-11-9-17(10-12-18)8-6-5-7-13-19-16(3)4/h9-12,15-16,19H,5-8,13-14H2,1-4H3. The molecule has 1 nitrogen and oxygen atoms in total. The van der Waals surface area contributed by atoms with Gasteiger partial charge in [0.2, 0.25) is 0 Å². The monoisotopic (exact) mass is 261 g/mol. The van der Waals surface area contributed by atoms with Crippen LogP contribution in [0.2, 0.25) is 0 Å². The van der Waals surface area contributed by atoms with Gasteiger partial charge < -0.3 is 5.32 Å². The molecule has 0 heterocycles. The van der Waals surface area contributed by atoms with Gasteiger partial charge in [-0.3, -0.25) is 0 Å². The zero-order chi connectivity index (χ0) is 14.1. The van der Waals surface area contributed by atoms with E-state index in [1.807, 2.05) is 0 Å². The number of rotatable bonds is 9. The van der Waals surface area contributed by atoms with Gasteiger partial charge in [-0.05, 0) is 49.3 Å². The van der Waals surface area contributed by atoms with Crippen LogP contribution < -0.4 is 5.32 Å². The summed E-state index contributed by atoms with van der Waals surface area (Å²) in [6.45, 7) is 10.1. The third kappa shape index (κ3) is 8.05. The van der Waals surface area contributed by atoms with Gasteiger partial charge in [0.25, 0.3) is 0 Å². The molecule has 0 bridgehead atoms. The van der Waals surface area contributed by atoms with E-state index in [2.05, 4.69) is 57.3 Å². The van der Waals surface area contributed by atoms with Crippen LogP contribution in [0, 0.1) is 5.92 Å². The molecule has 0 saturated heterocycles. The molecule has 0 spiro atoms. The van der Waals surface area contributed by atoms with Gasteiger partial charge >= 0.3 is 0 Å². The van der Waals surface area contributed by atoms with Crippen molar-refractivity contribution in [2.75, 3.05) is 6.54 Å². The van der Waals surface area contributed by atoms with E-state index in [4.69, 9.17) is 0 Å². The quantitative estimate of drug-likeness (QED) is 0.641. The van der Waals surface area contributed by atoms with E-state index in [1.54, 1.807) is 0 Å². The van der Waals surface area contributed by atoms with Crippen molar-refractivity contribution in [1.82, 2.24) is 5.32 Å². The summed E-state index contributed by atoms with van der Waals surface area (Å²) in [5.74, 6) is 0.749. The Morgan fingerprint density at radius 1 is 0.842 bits per heavy atom. The smallest absolute Gasteiger partial charge is 0.00103 e. The number of aryl methyl sites for hydroxylation is 1. The second-order valence-corrected chi connectivity index (χ2v) is 6.33. The molecular weight excluding hydrogens is 230 g/mol. The minimum absolute atomic E-state index is 0.619. The molecule has 0 atom stereocenters. The van der Waals surface area contributed by atoms with E-state index >= 15 is 0 Å². The summed E-state index contributed by atoms with van der Waals surface area (Å²) < 4.78 is 0. The van der Waals surface area contributed by atoms with Crippen LogP contribution in [0.25, 0.3) is 0 Å². The van der Waals surface area contributed by atoms with Crippen LogP contribution in [0.15, 0.2) is 24.3 Å². The van der Waals surface area contributed by atoms with Crippen molar-refractivity contribution in [3.8, 4) is 0 Å². The van der Waals surface area contributed by atoms with Gasteiger partial charge in [-0.25, -0.2) is 0 Å². The molecule has 0 saturated carbocycles. The zero-order valence-corrected chi connectivity index (χ0v) is 13.2. The molecule has 0 fully saturated rings. The molecule has 0 unspecified atom stereocenters. The average molecular weight is 261 g/mol. The Balaban J connectivity index is 2.16. The van der Waals surface area contributed by atoms with Gasteiger partial charge in [-0.2, -0.15) is 0 Å². The number of hydrogen-bond acceptors (Lipinski definition) is 1. The molecule has 1 aromatic rings. The highest BCUT2D eigenvalue weighted by molar-refractivity contribution is 5.22. The molecule has 19 heavy (non-hydrogen) atoms. The summed E-state index contributed by atoms with van der Waals surface area (Å²) in [5, 5.41) is 3.47. The fourth-order valence-electron chi connectivity index (χ4n) is 2.34. The van der Waals surface area contributed by atoms with Gasteiger partial charge in [0.15, 0.2) is 0 Å². The highest BCUT2D eigenvalue weighted by Gasteiger charge is 1.99. The maximum Gasteiger partial charge on any atom is 0.00103 e. The van der Waals surface area contributed by atoms with Crippen LogP contribution >= 0.6 is 0 Å². The number of nitrogens with one attached hydrogen (secondary N) is 1. The van der Waals surface area contributed by atoms with Crippen molar-refractivity contribution >= 4 is 0 Å². The molecule has 0 amide bonds. The predicted octanol–water partition coefficient (Wildman–Crippen LogP) is 4.60. The van der Waals surface area contributed by atoms with Crippen LogP contribution in [0.4, 0.5) is 0 Å². The molecule has 1 N–H and O–H groups in total. The van der Waals surface area contributed by atoms with Crippen LogP contribution in [-0.2, 0) is 12.8 Å². The lowest BCUT2D eigenvalue weighted by Gasteiger charge is -2.08. The van der Waals surface area contributed by atoms with Crippen LogP contribution in [0.3, 0.4) is 0 Å². The van der Waals surface area contributed by atoms with Crippen molar-refractivity contribution < 1.29 is 0 Å². The Bertz CT molecular complexity index is 324. The number of benzene rings is 1. The Morgan fingerprint density at radius 2 is 1.47 bits per heavy atom. The predicted molar refractivity (Wildman–Crippen MR) is 85.7 cm³/mol. The third-order valence-electron chi connectivity index (χ3n) is 3.36. The minimum atomic E-state index is 0.619. The summed E-state index contributed by atoms with van der Waals surface area (Å²) in [6.07, 6.45) is 6.35. The third-order valence-corrected chi connectivity index (χ3v) is 3.36. The zero-order valence-electron chi connectivity index (χ0n) is 13.2. The molecule has 0 aliphatic rings. The summed E-state index contributed by atoms with van der Waals surface area (Å²) in [7, 11) is 0. The fraction of sp³-hybridized carbons (Fsp3) is 0.667. The maximum absolute atomic E-state index is 3.47. The first-order valence-corrected chi connectivity index (χ1v) is 7.89. The SMILES string of the molecule is CC(C)Cc1ccc(CCCCCNC(C)C)cc1. The molecule has 108 valence electrons. The molecule has 1 rings (SSSR count). The highest BCUT2D eigenvalue weighted by Crippen LogP contribution is 2.12. The van der Waals surface area contributed by atoms with E-state index in [9.17, 15) is 0 Å². The topological polar surface area (TPSA) is 12.0 Å². The Kier molecular flexibility index (Phi) is 7.81. The Morgan fingerprint density at radius 3 is 2.05 bits per heavy atom. The molecule has 1 heteroatoms. The van der Waals surface area contributed by atoms with Crippen LogP contribution in [0.5, 0.6) is 0 Å². The van der Waals surface area contributed by atoms with Gasteiger partial charge in [0, 0.05) is 6.04 Å². The normalized spacial score (nSPS) is 11.5. The first-order valence-electron chi connectivity index (χ1n) is 7.89. The average Bonchev–Trinajstić information content (AvgIpc) is 2.34. The van der Waals surface area contributed by atoms with Crippen molar-refractivity contribution in [3.05, 3.63) is 35.4 Å².